The van der Waals surface area contributed by atoms with E-state index in [0.29, 0.717) is 24.3 Å². The second-order valence-electron chi connectivity index (χ2n) is 4.03. The summed E-state index contributed by atoms with van der Waals surface area (Å²) in [4.78, 5) is 21.8. The Bertz CT molecular complexity index is 462. The van der Waals surface area contributed by atoms with Crippen molar-refractivity contribution in [1.82, 2.24) is 0 Å². The highest BCUT2D eigenvalue weighted by atomic mass is 19.1. The molecule has 0 saturated heterocycles. The van der Waals surface area contributed by atoms with Gasteiger partial charge in [-0.25, -0.2) is 4.39 Å². The number of amides is 1. The highest BCUT2D eigenvalue weighted by molar-refractivity contribution is 5.90. The van der Waals surface area contributed by atoms with Crippen molar-refractivity contribution in [2.45, 2.75) is 25.7 Å². The zero-order valence-electron chi connectivity index (χ0n) is 10.6. The molecule has 0 aliphatic carbocycles. The number of methoxy groups -OCH3 is 1. The van der Waals surface area contributed by atoms with E-state index in [1.165, 1.54) is 25.3 Å². The molecule has 1 aromatic carbocycles. The Morgan fingerprint density at radius 1 is 1.26 bits per heavy atom. The molecule has 0 aliphatic heterocycles. The van der Waals surface area contributed by atoms with Crippen LogP contribution in [0, 0.1) is 5.82 Å². The molecular formula is C13H16FNO4. The lowest BCUT2D eigenvalue weighted by molar-refractivity contribution is -0.137. The van der Waals surface area contributed by atoms with Crippen LogP contribution in [0.5, 0.6) is 5.75 Å². The number of nitrogens with one attached hydrogen (secondary N) is 1. The second kappa shape index (κ2) is 7.35. The van der Waals surface area contributed by atoms with Gasteiger partial charge in [-0.2, -0.15) is 0 Å². The van der Waals surface area contributed by atoms with Gasteiger partial charge in [0.15, 0.2) is 0 Å². The third-order valence-corrected chi connectivity index (χ3v) is 2.44. The maximum atomic E-state index is 13.2. The lowest BCUT2D eigenvalue weighted by Gasteiger charge is -2.07. The number of rotatable bonds is 7. The first-order valence-electron chi connectivity index (χ1n) is 5.87. The molecule has 0 aromatic heterocycles. The van der Waals surface area contributed by atoms with E-state index in [1.54, 1.807) is 0 Å². The van der Waals surface area contributed by atoms with Crippen LogP contribution in [0.4, 0.5) is 10.1 Å². The smallest absolute Gasteiger partial charge is 0.303 e. The summed E-state index contributed by atoms with van der Waals surface area (Å²) in [7, 11) is 1.41. The number of aliphatic carboxylic acids is 1. The first kappa shape index (κ1) is 14.9. The van der Waals surface area contributed by atoms with Crippen molar-refractivity contribution in [2.75, 3.05) is 12.4 Å². The Kier molecular flexibility index (Phi) is 5.78. The fraction of sp³-hybridized carbons (Fsp3) is 0.385. The van der Waals surface area contributed by atoms with Gasteiger partial charge in [-0.05, 0) is 18.9 Å². The monoisotopic (exact) mass is 269 g/mol. The predicted molar refractivity (Wildman–Crippen MR) is 67.7 cm³/mol. The molecule has 0 atom stereocenters. The first-order valence-corrected chi connectivity index (χ1v) is 5.87. The quantitative estimate of drug-likeness (QED) is 0.745. The summed E-state index contributed by atoms with van der Waals surface area (Å²) < 4.78 is 18.0. The van der Waals surface area contributed by atoms with Crippen molar-refractivity contribution in [3.05, 3.63) is 24.0 Å². The largest absolute Gasteiger partial charge is 0.497 e. The van der Waals surface area contributed by atoms with Gasteiger partial charge in [0.2, 0.25) is 5.91 Å². The van der Waals surface area contributed by atoms with Crippen LogP contribution in [0.15, 0.2) is 18.2 Å². The second-order valence-corrected chi connectivity index (χ2v) is 4.03. The third-order valence-electron chi connectivity index (χ3n) is 2.44. The average molecular weight is 269 g/mol. The minimum Gasteiger partial charge on any atom is -0.497 e. The van der Waals surface area contributed by atoms with Gasteiger partial charge in [-0.3, -0.25) is 9.59 Å². The van der Waals surface area contributed by atoms with Crippen molar-refractivity contribution >= 4 is 17.6 Å². The van der Waals surface area contributed by atoms with Crippen LogP contribution in [-0.2, 0) is 9.59 Å². The number of halogens is 1. The molecule has 0 saturated carbocycles. The van der Waals surface area contributed by atoms with E-state index >= 15 is 0 Å². The normalized spacial score (nSPS) is 10.0. The van der Waals surface area contributed by atoms with Gasteiger partial charge in [0.05, 0.1) is 7.11 Å². The summed E-state index contributed by atoms with van der Waals surface area (Å²) >= 11 is 0. The number of carboxylic acid groups (broad SMARTS) is 1. The van der Waals surface area contributed by atoms with Gasteiger partial charge in [0.1, 0.15) is 11.6 Å². The summed E-state index contributed by atoms with van der Waals surface area (Å²) in [6.07, 6.45) is 1.16. The first-order chi connectivity index (χ1) is 9.01. The van der Waals surface area contributed by atoms with Crippen LogP contribution in [0.3, 0.4) is 0 Å². The molecular weight excluding hydrogens is 253 g/mol. The molecule has 5 nitrogen and oxygen atoms in total. The van der Waals surface area contributed by atoms with Gasteiger partial charge < -0.3 is 15.2 Å². The van der Waals surface area contributed by atoms with Gasteiger partial charge >= 0.3 is 5.97 Å². The molecule has 0 unspecified atom stereocenters. The van der Waals surface area contributed by atoms with E-state index in [2.05, 4.69) is 5.32 Å². The van der Waals surface area contributed by atoms with Crippen molar-refractivity contribution < 1.29 is 23.8 Å². The number of carboxylic acids is 1. The molecule has 19 heavy (non-hydrogen) atoms. The number of hydrogen-bond donors (Lipinski definition) is 2. The lowest BCUT2D eigenvalue weighted by atomic mass is 10.2. The van der Waals surface area contributed by atoms with Crippen LogP contribution in [-0.4, -0.2) is 24.1 Å². The number of carbonyl (C=O) groups excluding carboxylic acids is 1. The number of benzene rings is 1. The Balaban J connectivity index is 2.43. The topological polar surface area (TPSA) is 75.6 Å². The zero-order chi connectivity index (χ0) is 14.3. The van der Waals surface area contributed by atoms with Crippen LogP contribution < -0.4 is 10.1 Å². The Morgan fingerprint density at radius 2 is 1.95 bits per heavy atom. The molecule has 1 rings (SSSR count). The van der Waals surface area contributed by atoms with Crippen molar-refractivity contribution in [1.29, 1.82) is 0 Å². The summed E-state index contributed by atoms with van der Waals surface area (Å²) in [5.74, 6) is -1.34. The fourth-order valence-electron chi connectivity index (χ4n) is 1.54. The van der Waals surface area contributed by atoms with Crippen LogP contribution >= 0.6 is 0 Å². The van der Waals surface area contributed by atoms with E-state index < -0.39 is 11.8 Å². The maximum absolute atomic E-state index is 13.2. The average Bonchev–Trinajstić information content (AvgIpc) is 2.33. The molecule has 104 valence electrons. The SMILES string of the molecule is COc1cc(F)cc(NC(=O)CCCCC(=O)O)c1. The van der Waals surface area contributed by atoms with E-state index in [-0.39, 0.29) is 18.7 Å². The number of unbranched alkanes of at least 4 members (excludes halogenated alkanes) is 1. The van der Waals surface area contributed by atoms with Crippen molar-refractivity contribution in [2.24, 2.45) is 0 Å². The minimum atomic E-state index is -0.879. The highest BCUT2D eigenvalue weighted by Gasteiger charge is 2.06. The van der Waals surface area contributed by atoms with E-state index in [1.807, 2.05) is 0 Å². The van der Waals surface area contributed by atoms with Crippen molar-refractivity contribution in [3.8, 4) is 5.75 Å². The summed E-state index contributed by atoms with van der Waals surface area (Å²) in [5, 5.41) is 11.0. The molecule has 1 amide bonds. The number of anilines is 1. The lowest BCUT2D eigenvalue weighted by Crippen LogP contribution is -2.11. The van der Waals surface area contributed by atoms with Gasteiger partial charge in [0, 0.05) is 30.7 Å². The minimum absolute atomic E-state index is 0.0427. The van der Waals surface area contributed by atoms with E-state index in [9.17, 15) is 14.0 Å². The molecule has 2 N–H and O–H groups in total. The molecule has 0 aliphatic rings. The van der Waals surface area contributed by atoms with Gasteiger partial charge in [-0.1, -0.05) is 0 Å². The Morgan fingerprint density at radius 3 is 2.58 bits per heavy atom. The van der Waals surface area contributed by atoms with E-state index in [0.717, 1.165) is 0 Å². The van der Waals surface area contributed by atoms with E-state index in [4.69, 9.17) is 9.84 Å². The van der Waals surface area contributed by atoms with Crippen molar-refractivity contribution in [3.63, 3.8) is 0 Å². The Labute approximate surface area is 110 Å². The molecule has 0 bridgehead atoms. The van der Waals surface area contributed by atoms with Crippen LogP contribution in [0.25, 0.3) is 0 Å². The van der Waals surface area contributed by atoms with Gasteiger partial charge in [-0.15, -0.1) is 0 Å². The standard InChI is InChI=1S/C13H16FNO4/c1-19-11-7-9(14)6-10(8-11)15-12(16)4-2-3-5-13(17)18/h6-8H,2-5H2,1H3,(H,15,16)(H,17,18). The predicted octanol–water partition coefficient (Wildman–Crippen LogP) is 2.42. The molecule has 0 radical (unpaired) electrons. The summed E-state index contributed by atoms with van der Waals surface area (Å²) in [5.41, 5.74) is 0.320. The summed E-state index contributed by atoms with van der Waals surface area (Å²) in [6, 6.07) is 3.92. The number of carbonyl (C=O) groups is 2. The summed E-state index contributed by atoms with van der Waals surface area (Å²) in [6.45, 7) is 0. The molecule has 0 fully saturated rings. The zero-order valence-corrected chi connectivity index (χ0v) is 10.6. The maximum Gasteiger partial charge on any atom is 0.303 e. The highest BCUT2D eigenvalue weighted by Crippen LogP contribution is 2.20. The molecule has 0 heterocycles. The third kappa shape index (κ3) is 5.85. The van der Waals surface area contributed by atoms with Gasteiger partial charge in [0.25, 0.3) is 0 Å². The number of hydrogen-bond acceptors (Lipinski definition) is 3. The fourth-order valence-corrected chi connectivity index (χ4v) is 1.54. The van der Waals surface area contributed by atoms with Crippen LogP contribution in [0.1, 0.15) is 25.7 Å². The Hall–Kier alpha value is -2.11. The molecule has 0 spiro atoms. The number of ether oxygens (including phenoxy) is 1. The molecule has 6 heteroatoms. The van der Waals surface area contributed by atoms with Crippen LogP contribution in [0.2, 0.25) is 0 Å². The molecule has 1 aromatic rings.